The molecule has 1 heterocycles. The number of aliphatic hydroxyl groups is 1. The third-order valence-corrected chi connectivity index (χ3v) is 5.18. The van der Waals surface area contributed by atoms with Crippen molar-refractivity contribution in [3.05, 3.63) is 12.2 Å². The monoisotopic (exact) mass is 336 g/mol. The van der Waals surface area contributed by atoms with Crippen molar-refractivity contribution in [1.82, 2.24) is 4.90 Å². The van der Waals surface area contributed by atoms with Crippen molar-refractivity contribution in [2.75, 3.05) is 20.7 Å². The van der Waals surface area contributed by atoms with Gasteiger partial charge in [-0.3, -0.25) is 9.59 Å². The van der Waals surface area contributed by atoms with Gasteiger partial charge >= 0.3 is 0 Å². The molecular formula is C17H24N2O5. The minimum Gasteiger partial charge on any atom is -0.478 e. The van der Waals surface area contributed by atoms with E-state index in [0.29, 0.717) is 13.0 Å². The number of nitrogens with zero attached hydrogens (tertiary/aromatic N) is 2. The first-order valence-corrected chi connectivity index (χ1v) is 8.43. The molecule has 132 valence electrons. The summed E-state index contributed by atoms with van der Waals surface area (Å²) in [6.45, 7) is 2.46. The molecule has 24 heavy (non-hydrogen) atoms. The number of ether oxygens (including phenoxy) is 1. The highest BCUT2D eigenvalue weighted by atomic mass is 16.7. The zero-order valence-electron chi connectivity index (χ0n) is 14.3. The molecule has 0 amide bonds. The van der Waals surface area contributed by atoms with E-state index in [4.69, 9.17) is 9.57 Å². The summed E-state index contributed by atoms with van der Waals surface area (Å²) in [5.74, 6) is -2.33. The summed E-state index contributed by atoms with van der Waals surface area (Å²) in [5, 5.41) is 15.0. The van der Waals surface area contributed by atoms with Gasteiger partial charge in [0.05, 0.1) is 12.6 Å². The number of unbranched alkanes of at least 4 members (excludes halogenated alkanes) is 1. The van der Waals surface area contributed by atoms with Gasteiger partial charge in [0.25, 0.3) is 0 Å². The molecule has 2 unspecified atom stereocenters. The van der Waals surface area contributed by atoms with E-state index in [1.165, 1.54) is 6.08 Å². The van der Waals surface area contributed by atoms with E-state index in [-0.39, 0.29) is 11.9 Å². The highest BCUT2D eigenvalue weighted by Crippen LogP contribution is 2.45. The molecule has 1 N–H and O–H groups in total. The molecule has 7 heteroatoms. The smallest absolute Gasteiger partial charge is 0.240 e. The molecule has 3 aliphatic rings. The van der Waals surface area contributed by atoms with Crippen LogP contribution in [0.4, 0.5) is 0 Å². The predicted octanol–water partition coefficient (Wildman–Crippen LogP) is 0.521. The molecule has 3 rings (SSSR count). The summed E-state index contributed by atoms with van der Waals surface area (Å²) in [6, 6.07) is -0.317. The number of allylic oxidation sites excluding steroid dienone is 1. The first-order valence-electron chi connectivity index (χ1n) is 8.43. The highest BCUT2D eigenvalue weighted by Gasteiger charge is 2.66. The summed E-state index contributed by atoms with van der Waals surface area (Å²) >= 11 is 0. The van der Waals surface area contributed by atoms with Gasteiger partial charge in [-0.05, 0) is 33.0 Å². The first kappa shape index (κ1) is 17.1. The zero-order chi connectivity index (χ0) is 17.5. The van der Waals surface area contributed by atoms with Crippen molar-refractivity contribution >= 4 is 17.5 Å². The SMILES string of the molecule is CCCCOC1=NOC2C1C(=O)[C@@]1(O)C(=O)C=CC[C@H]1[C@@H]2N(C)C. The minimum atomic E-state index is -2.03. The van der Waals surface area contributed by atoms with E-state index >= 15 is 0 Å². The molecule has 0 aromatic carbocycles. The fourth-order valence-corrected chi connectivity index (χ4v) is 3.94. The van der Waals surface area contributed by atoms with Crippen LogP contribution >= 0.6 is 0 Å². The molecule has 0 spiro atoms. The Hall–Kier alpha value is -1.73. The van der Waals surface area contributed by atoms with E-state index in [9.17, 15) is 14.7 Å². The largest absolute Gasteiger partial charge is 0.478 e. The summed E-state index contributed by atoms with van der Waals surface area (Å²) in [4.78, 5) is 32.8. The number of hydrogen-bond donors (Lipinski definition) is 1. The molecule has 1 aliphatic heterocycles. The van der Waals surface area contributed by atoms with Crippen LogP contribution in [0.3, 0.4) is 0 Å². The van der Waals surface area contributed by atoms with Gasteiger partial charge in [-0.2, -0.15) is 0 Å². The lowest BCUT2D eigenvalue weighted by Crippen LogP contribution is -2.70. The Bertz CT molecular complexity index is 600. The lowest BCUT2D eigenvalue weighted by Gasteiger charge is -2.49. The van der Waals surface area contributed by atoms with Crippen molar-refractivity contribution in [2.45, 2.75) is 43.9 Å². The van der Waals surface area contributed by atoms with Crippen molar-refractivity contribution < 1.29 is 24.3 Å². The van der Waals surface area contributed by atoms with Crippen LogP contribution in [0.2, 0.25) is 0 Å². The summed E-state index contributed by atoms with van der Waals surface area (Å²) in [6.07, 6.45) is 4.68. The van der Waals surface area contributed by atoms with Crippen molar-refractivity contribution in [1.29, 1.82) is 0 Å². The highest BCUT2D eigenvalue weighted by molar-refractivity contribution is 6.21. The van der Waals surface area contributed by atoms with Crippen LogP contribution in [-0.4, -0.2) is 65.9 Å². The quantitative estimate of drug-likeness (QED) is 0.595. The van der Waals surface area contributed by atoms with E-state index in [1.807, 2.05) is 25.9 Å². The third-order valence-electron chi connectivity index (χ3n) is 5.18. The maximum atomic E-state index is 13.0. The normalized spacial score (nSPS) is 37.8. The maximum absolute atomic E-state index is 13.0. The lowest BCUT2D eigenvalue weighted by atomic mass is 9.61. The Morgan fingerprint density at radius 1 is 1.46 bits per heavy atom. The standard InChI is InChI=1S/C17H24N2O5/c1-4-5-9-23-16-12-14(24-18-16)13(19(2)3)10-7-6-8-11(20)17(10,22)15(12)21/h6,8,10,12-14,22H,4-5,7,9H2,1-3H3/t10-,12?,13-,14?,17-/m0/s1. The maximum Gasteiger partial charge on any atom is 0.240 e. The topological polar surface area (TPSA) is 88.4 Å². The predicted molar refractivity (Wildman–Crippen MR) is 86.3 cm³/mol. The van der Waals surface area contributed by atoms with Gasteiger partial charge in [0, 0.05) is 5.92 Å². The third kappa shape index (κ3) is 2.38. The van der Waals surface area contributed by atoms with Crippen LogP contribution < -0.4 is 0 Å². The Balaban J connectivity index is 1.95. The summed E-state index contributed by atoms with van der Waals surface area (Å²) in [7, 11) is 3.69. The Labute approximate surface area is 141 Å². The zero-order valence-corrected chi connectivity index (χ0v) is 14.3. The van der Waals surface area contributed by atoms with E-state index in [1.54, 1.807) is 6.08 Å². The molecule has 0 aromatic rings. The number of fused-ring (bicyclic) bond motifs is 2. The molecule has 0 radical (unpaired) electrons. The number of hydrogen-bond acceptors (Lipinski definition) is 7. The van der Waals surface area contributed by atoms with Crippen LogP contribution in [0.15, 0.2) is 17.3 Å². The van der Waals surface area contributed by atoms with Crippen molar-refractivity contribution in [2.24, 2.45) is 17.0 Å². The Morgan fingerprint density at radius 2 is 2.21 bits per heavy atom. The number of carbonyl (C=O) groups is 2. The van der Waals surface area contributed by atoms with E-state index < -0.39 is 35.1 Å². The molecule has 2 aliphatic carbocycles. The molecule has 0 bridgehead atoms. The molecule has 0 saturated heterocycles. The Kier molecular flexibility index (Phi) is 4.48. The van der Waals surface area contributed by atoms with E-state index in [0.717, 1.165) is 12.8 Å². The average Bonchev–Trinajstić information content (AvgIpc) is 2.94. The Morgan fingerprint density at radius 3 is 2.88 bits per heavy atom. The fourth-order valence-electron chi connectivity index (χ4n) is 3.94. The number of likely N-dealkylation sites (N-methyl/N-ethyl adjacent to an activating group) is 1. The second-order valence-electron chi connectivity index (χ2n) is 6.87. The van der Waals surface area contributed by atoms with Gasteiger partial charge in [-0.1, -0.05) is 24.6 Å². The van der Waals surface area contributed by atoms with Crippen LogP contribution in [0.25, 0.3) is 0 Å². The molecular weight excluding hydrogens is 312 g/mol. The van der Waals surface area contributed by atoms with Crippen molar-refractivity contribution in [3.63, 3.8) is 0 Å². The van der Waals surface area contributed by atoms with Crippen LogP contribution in [0.1, 0.15) is 26.2 Å². The van der Waals surface area contributed by atoms with E-state index in [2.05, 4.69) is 5.16 Å². The molecule has 5 atom stereocenters. The second kappa shape index (κ2) is 6.29. The molecule has 1 fully saturated rings. The number of ketones is 2. The number of Topliss-reactive ketones (excluding diaryl/α,β-unsaturated/α-hetero) is 1. The van der Waals surface area contributed by atoms with Crippen LogP contribution in [0, 0.1) is 11.8 Å². The number of rotatable bonds is 4. The molecule has 0 aromatic heterocycles. The fraction of sp³-hybridized carbons (Fsp3) is 0.706. The van der Waals surface area contributed by atoms with Crippen LogP contribution in [0.5, 0.6) is 0 Å². The van der Waals surface area contributed by atoms with Gasteiger partial charge in [-0.15, -0.1) is 0 Å². The number of oxime groups is 1. The van der Waals surface area contributed by atoms with Gasteiger partial charge in [0.15, 0.2) is 23.3 Å². The first-order chi connectivity index (χ1) is 11.4. The van der Waals surface area contributed by atoms with Gasteiger partial charge in [-0.25, -0.2) is 0 Å². The number of carbonyl (C=O) groups excluding carboxylic acids is 2. The molecule has 7 nitrogen and oxygen atoms in total. The molecule has 1 saturated carbocycles. The van der Waals surface area contributed by atoms with Gasteiger partial charge < -0.3 is 19.6 Å². The minimum absolute atomic E-state index is 0.180. The van der Waals surface area contributed by atoms with Crippen molar-refractivity contribution in [3.8, 4) is 0 Å². The van der Waals surface area contributed by atoms with Crippen LogP contribution in [-0.2, 0) is 19.2 Å². The second-order valence-corrected chi connectivity index (χ2v) is 6.87. The summed E-state index contributed by atoms with van der Waals surface area (Å²) in [5.41, 5.74) is -2.03. The van der Waals surface area contributed by atoms with Gasteiger partial charge in [0.1, 0.15) is 5.92 Å². The lowest BCUT2D eigenvalue weighted by molar-refractivity contribution is -0.176. The summed E-state index contributed by atoms with van der Waals surface area (Å²) < 4.78 is 5.62. The average molecular weight is 336 g/mol. The van der Waals surface area contributed by atoms with Gasteiger partial charge in [0.2, 0.25) is 5.90 Å².